The predicted molar refractivity (Wildman–Crippen MR) is 88.6 cm³/mol. The predicted octanol–water partition coefficient (Wildman–Crippen LogP) is 3.65. The molecule has 2 aromatic carbocycles. The lowest BCUT2D eigenvalue weighted by atomic mass is 9.98. The van der Waals surface area contributed by atoms with Gasteiger partial charge in [0, 0.05) is 16.5 Å². The second-order valence-corrected chi connectivity index (χ2v) is 5.28. The van der Waals surface area contributed by atoms with Crippen molar-refractivity contribution in [1.29, 1.82) is 0 Å². The van der Waals surface area contributed by atoms with Crippen LogP contribution in [0.15, 0.2) is 41.2 Å². The van der Waals surface area contributed by atoms with Crippen LogP contribution < -0.4 is 10.4 Å². The topological polar surface area (TPSA) is 55.0 Å². The van der Waals surface area contributed by atoms with Crippen molar-refractivity contribution in [2.75, 3.05) is 7.11 Å². The van der Waals surface area contributed by atoms with E-state index in [1.807, 2.05) is 43.3 Å². The van der Waals surface area contributed by atoms with Crippen LogP contribution in [0.1, 0.15) is 11.1 Å². The van der Waals surface area contributed by atoms with E-state index in [1.54, 1.807) is 7.11 Å². The van der Waals surface area contributed by atoms with E-state index in [4.69, 9.17) is 16.3 Å². The number of hydrogen-bond donors (Lipinski definition) is 1. The number of rotatable bonds is 3. The van der Waals surface area contributed by atoms with Crippen molar-refractivity contribution >= 4 is 22.5 Å². The zero-order valence-electron chi connectivity index (χ0n) is 12.3. The zero-order chi connectivity index (χ0) is 15.7. The highest BCUT2D eigenvalue weighted by Crippen LogP contribution is 2.34. The standard InChI is InChI=1S/C17H15ClN2O2/c1-10-5-3-7-13-15(10)16(20-17(21)19-13)11-6-4-8-14(22-2)12(11)9-18/h3-8H,9H2,1-2H3,(H,19,20,21). The Hall–Kier alpha value is -2.33. The Labute approximate surface area is 132 Å². The van der Waals surface area contributed by atoms with E-state index in [-0.39, 0.29) is 11.6 Å². The van der Waals surface area contributed by atoms with Gasteiger partial charge in [-0.3, -0.25) is 0 Å². The molecule has 22 heavy (non-hydrogen) atoms. The maximum Gasteiger partial charge on any atom is 0.345 e. The second-order valence-electron chi connectivity index (χ2n) is 5.01. The van der Waals surface area contributed by atoms with E-state index in [0.717, 1.165) is 27.6 Å². The fourth-order valence-electron chi connectivity index (χ4n) is 2.70. The molecule has 0 spiro atoms. The van der Waals surface area contributed by atoms with E-state index in [2.05, 4.69) is 9.97 Å². The molecule has 0 bridgehead atoms. The molecule has 0 atom stereocenters. The fourth-order valence-corrected chi connectivity index (χ4v) is 2.97. The monoisotopic (exact) mass is 314 g/mol. The largest absolute Gasteiger partial charge is 0.496 e. The van der Waals surface area contributed by atoms with Gasteiger partial charge in [0.05, 0.1) is 24.2 Å². The summed E-state index contributed by atoms with van der Waals surface area (Å²) in [5.74, 6) is 0.970. The van der Waals surface area contributed by atoms with Crippen LogP contribution in [0.4, 0.5) is 0 Å². The summed E-state index contributed by atoms with van der Waals surface area (Å²) in [6.45, 7) is 1.99. The number of H-pyrrole nitrogens is 1. The van der Waals surface area contributed by atoms with Crippen LogP contribution in [0.3, 0.4) is 0 Å². The van der Waals surface area contributed by atoms with E-state index >= 15 is 0 Å². The maximum atomic E-state index is 11.9. The number of nitrogens with zero attached hydrogens (tertiary/aromatic N) is 1. The lowest BCUT2D eigenvalue weighted by Crippen LogP contribution is -2.12. The van der Waals surface area contributed by atoms with Gasteiger partial charge in [-0.05, 0) is 24.6 Å². The number of aromatic nitrogens is 2. The summed E-state index contributed by atoms with van der Waals surface area (Å²) in [7, 11) is 1.60. The van der Waals surface area contributed by atoms with Crippen molar-refractivity contribution in [2.45, 2.75) is 12.8 Å². The molecule has 3 rings (SSSR count). The highest BCUT2D eigenvalue weighted by Gasteiger charge is 2.15. The number of halogens is 1. The second kappa shape index (κ2) is 5.81. The van der Waals surface area contributed by atoms with Crippen LogP contribution in [0.2, 0.25) is 0 Å². The van der Waals surface area contributed by atoms with Crippen LogP contribution >= 0.6 is 11.6 Å². The van der Waals surface area contributed by atoms with E-state index < -0.39 is 0 Å². The third kappa shape index (κ3) is 2.35. The van der Waals surface area contributed by atoms with E-state index in [0.29, 0.717) is 11.4 Å². The molecule has 1 N–H and O–H groups in total. The van der Waals surface area contributed by atoms with Crippen molar-refractivity contribution < 1.29 is 4.74 Å². The van der Waals surface area contributed by atoms with Crippen molar-refractivity contribution in [3.63, 3.8) is 0 Å². The zero-order valence-corrected chi connectivity index (χ0v) is 13.1. The van der Waals surface area contributed by atoms with Gasteiger partial charge in [0.2, 0.25) is 0 Å². The number of aryl methyl sites for hydroxylation is 1. The van der Waals surface area contributed by atoms with Crippen LogP contribution in [0.25, 0.3) is 22.2 Å². The summed E-state index contributed by atoms with van der Waals surface area (Å²) in [5, 5.41) is 0.918. The molecule has 1 heterocycles. The summed E-state index contributed by atoms with van der Waals surface area (Å²) in [5.41, 5.74) is 3.70. The van der Waals surface area contributed by atoms with Gasteiger partial charge in [-0.25, -0.2) is 4.79 Å². The van der Waals surface area contributed by atoms with Gasteiger partial charge in [0.1, 0.15) is 5.75 Å². The van der Waals surface area contributed by atoms with Crippen molar-refractivity contribution in [2.24, 2.45) is 0 Å². The van der Waals surface area contributed by atoms with Gasteiger partial charge < -0.3 is 9.72 Å². The van der Waals surface area contributed by atoms with E-state index in [1.165, 1.54) is 0 Å². The highest BCUT2D eigenvalue weighted by molar-refractivity contribution is 6.18. The number of alkyl halides is 1. The molecule has 0 aliphatic rings. The quantitative estimate of drug-likeness (QED) is 0.751. The van der Waals surface area contributed by atoms with Gasteiger partial charge in [-0.1, -0.05) is 24.3 Å². The SMILES string of the molecule is COc1cccc(-c2nc(=O)[nH]c3cccc(C)c23)c1CCl. The summed E-state index contributed by atoms with van der Waals surface area (Å²) in [6.07, 6.45) is 0. The molecule has 0 saturated carbocycles. The molecule has 0 aliphatic carbocycles. The molecule has 0 amide bonds. The number of nitrogens with one attached hydrogen (secondary N) is 1. The molecule has 4 nitrogen and oxygen atoms in total. The van der Waals surface area contributed by atoms with Crippen molar-refractivity contribution in [3.8, 4) is 17.0 Å². The number of methoxy groups -OCH3 is 1. The number of ether oxygens (including phenoxy) is 1. The van der Waals surface area contributed by atoms with Crippen LogP contribution in [-0.2, 0) is 5.88 Å². The Morgan fingerprint density at radius 1 is 1.23 bits per heavy atom. The van der Waals surface area contributed by atoms with E-state index in [9.17, 15) is 4.79 Å². The van der Waals surface area contributed by atoms with Crippen LogP contribution in [-0.4, -0.2) is 17.1 Å². The van der Waals surface area contributed by atoms with Crippen molar-refractivity contribution in [3.05, 3.63) is 58.0 Å². The Morgan fingerprint density at radius 2 is 2.00 bits per heavy atom. The molecule has 3 aromatic rings. The van der Waals surface area contributed by atoms with Gasteiger partial charge in [-0.15, -0.1) is 11.6 Å². The first-order valence-corrected chi connectivity index (χ1v) is 7.41. The summed E-state index contributed by atoms with van der Waals surface area (Å²) < 4.78 is 5.37. The molecule has 0 fully saturated rings. The number of fused-ring (bicyclic) bond motifs is 1. The first-order chi connectivity index (χ1) is 10.7. The average molecular weight is 315 g/mol. The molecule has 0 aliphatic heterocycles. The molecule has 5 heteroatoms. The molecule has 0 radical (unpaired) electrons. The number of benzene rings is 2. The lowest BCUT2D eigenvalue weighted by Gasteiger charge is -2.13. The number of hydrogen-bond acceptors (Lipinski definition) is 3. The minimum absolute atomic E-state index is 0.279. The Balaban J connectivity index is 2.43. The molecule has 112 valence electrons. The van der Waals surface area contributed by atoms with Crippen LogP contribution in [0.5, 0.6) is 5.75 Å². The number of aromatic amines is 1. The van der Waals surface area contributed by atoms with Crippen LogP contribution in [0, 0.1) is 6.92 Å². The molecular weight excluding hydrogens is 300 g/mol. The first kappa shape index (κ1) is 14.6. The average Bonchev–Trinajstić information content (AvgIpc) is 2.53. The van der Waals surface area contributed by atoms with Gasteiger partial charge in [-0.2, -0.15) is 4.98 Å². The Morgan fingerprint density at radius 3 is 2.73 bits per heavy atom. The minimum Gasteiger partial charge on any atom is -0.496 e. The third-order valence-corrected chi connectivity index (χ3v) is 3.97. The molecular formula is C17H15ClN2O2. The Bertz CT molecular complexity index is 903. The van der Waals surface area contributed by atoms with Gasteiger partial charge in [0.25, 0.3) is 0 Å². The maximum absolute atomic E-state index is 11.9. The Kier molecular flexibility index (Phi) is 3.86. The third-order valence-electron chi connectivity index (χ3n) is 3.71. The molecule has 0 saturated heterocycles. The normalized spacial score (nSPS) is 10.9. The highest BCUT2D eigenvalue weighted by atomic mass is 35.5. The first-order valence-electron chi connectivity index (χ1n) is 6.87. The summed E-state index contributed by atoms with van der Waals surface area (Å²) >= 11 is 6.10. The summed E-state index contributed by atoms with van der Waals surface area (Å²) in [4.78, 5) is 18.9. The summed E-state index contributed by atoms with van der Waals surface area (Å²) in [6, 6.07) is 11.4. The van der Waals surface area contributed by atoms with Crippen molar-refractivity contribution in [1.82, 2.24) is 9.97 Å². The smallest absolute Gasteiger partial charge is 0.345 e. The fraction of sp³-hybridized carbons (Fsp3) is 0.176. The van der Waals surface area contributed by atoms with Gasteiger partial charge >= 0.3 is 5.69 Å². The minimum atomic E-state index is -0.378. The molecule has 0 unspecified atom stereocenters. The molecule has 1 aromatic heterocycles. The van der Waals surface area contributed by atoms with Gasteiger partial charge in [0.15, 0.2) is 0 Å². The lowest BCUT2D eigenvalue weighted by molar-refractivity contribution is 0.411.